The van der Waals surface area contributed by atoms with E-state index in [0.29, 0.717) is 18.4 Å². The third-order valence-electron chi connectivity index (χ3n) is 5.50. The fourth-order valence-corrected chi connectivity index (χ4v) is 4.99. The standard InChI is InChI=1S/C21H19ClFN3O5S/c1-26(2)32(30,31)20-12(22)7-8-14(17(20)27)24-15-16(19(29)18(15)28)25-21(9-10-21)11-5-3-4-6-13(11)23/h3-8,24-25,27H,9-10H2,1-2H3. The van der Waals surface area contributed by atoms with Gasteiger partial charge in [-0.05, 0) is 31.0 Å². The number of benzene rings is 2. The van der Waals surface area contributed by atoms with E-state index in [4.69, 9.17) is 11.6 Å². The van der Waals surface area contributed by atoms with Crippen LogP contribution in [0.25, 0.3) is 0 Å². The molecule has 0 aliphatic heterocycles. The van der Waals surface area contributed by atoms with E-state index in [1.54, 1.807) is 18.2 Å². The molecule has 0 atom stereocenters. The lowest BCUT2D eigenvalue weighted by molar-refractivity contribution is 0.455. The molecule has 8 nitrogen and oxygen atoms in total. The zero-order chi connectivity index (χ0) is 23.4. The Hall–Kier alpha value is -2.95. The Morgan fingerprint density at radius 1 is 1.06 bits per heavy atom. The fourth-order valence-electron chi connectivity index (χ4n) is 3.52. The minimum Gasteiger partial charge on any atom is -0.504 e. The summed E-state index contributed by atoms with van der Waals surface area (Å²) in [5.74, 6) is -1.12. The normalized spacial score (nSPS) is 15.2. The van der Waals surface area contributed by atoms with Crippen molar-refractivity contribution < 1.29 is 17.9 Å². The lowest BCUT2D eigenvalue weighted by Crippen LogP contribution is -2.39. The first kappa shape index (κ1) is 22.3. The number of phenolic OH excluding ortho intramolecular Hbond substituents is 1. The van der Waals surface area contributed by atoms with Gasteiger partial charge < -0.3 is 15.7 Å². The number of nitrogens with zero attached hydrogens (tertiary/aromatic N) is 1. The molecule has 0 amide bonds. The highest BCUT2D eigenvalue weighted by atomic mass is 35.5. The molecule has 3 N–H and O–H groups in total. The molecule has 3 aromatic carbocycles. The zero-order valence-electron chi connectivity index (χ0n) is 17.1. The van der Waals surface area contributed by atoms with Crippen LogP contribution in [0.4, 0.5) is 21.5 Å². The van der Waals surface area contributed by atoms with E-state index in [-0.39, 0.29) is 22.1 Å². The van der Waals surface area contributed by atoms with Crippen LogP contribution in [0.3, 0.4) is 0 Å². The lowest BCUT2D eigenvalue weighted by atomic mass is 10.0. The number of sulfonamides is 1. The fraction of sp³-hybridized carbons (Fsp3) is 0.238. The summed E-state index contributed by atoms with van der Waals surface area (Å²) in [4.78, 5) is 23.9. The van der Waals surface area contributed by atoms with Gasteiger partial charge in [-0.25, -0.2) is 17.1 Å². The van der Waals surface area contributed by atoms with Crippen molar-refractivity contribution in [3.05, 3.63) is 73.2 Å². The summed E-state index contributed by atoms with van der Waals surface area (Å²) in [5.41, 5.74) is -2.39. The van der Waals surface area contributed by atoms with Crippen molar-refractivity contribution in [1.29, 1.82) is 0 Å². The smallest absolute Gasteiger partial charge is 0.253 e. The van der Waals surface area contributed by atoms with E-state index >= 15 is 0 Å². The SMILES string of the molecule is CN(C)S(=O)(=O)c1c(Cl)ccc(Nc2c(NC3(c4ccccc4F)CC3)c(=O)c2=O)c1O. The first-order chi connectivity index (χ1) is 15.0. The second kappa shape index (κ2) is 7.58. The van der Waals surface area contributed by atoms with Gasteiger partial charge in [0.2, 0.25) is 10.0 Å². The van der Waals surface area contributed by atoms with E-state index in [2.05, 4.69) is 10.6 Å². The zero-order valence-corrected chi connectivity index (χ0v) is 18.6. The summed E-state index contributed by atoms with van der Waals surface area (Å²) < 4.78 is 40.2. The van der Waals surface area contributed by atoms with Crippen LogP contribution in [-0.2, 0) is 15.6 Å². The Kier molecular flexibility index (Phi) is 5.27. The Labute approximate surface area is 188 Å². The number of hydrogen-bond donors (Lipinski definition) is 3. The molecule has 0 unspecified atom stereocenters. The summed E-state index contributed by atoms with van der Waals surface area (Å²) >= 11 is 6.00. The monoisotopic (exact) mass is 479 g/mol. The highest BCUT2D eigenvalue weighted by molar-refractivity contribution is 7.89. The van der Waals surface area contributed by atoms with E-state index in [1.165, 1.54) is 32.3 Å². The maximum absolute atomic E-state index is 14.3. The van der Waals surface area contributed by atoms with Gasteiger partial charge in [-0.15, -0.1) is 0 Å². The highest BCUT2D eigenvalue weighted by Gasteiger charge is 2.47. The highest BCUT2D eigenvalue weighted by Crippen LogP contribution is 2.50. The number of rotatable bonds is 7. The number of phenols is 1. The first-order valence-electron chi connectivity index (χ1n) is 9.57. The first-order valence-corrected chi connectivity index (χ1v) is 11.4. The van der Waals surface area contributed by atoms with Crippen LogP contribution in [-0.4, -0.2) is 31.9 Å². The molecule has 1 aliphatic rings. The summed E-state index contributed by atoms with van der Waals surface area (Å²) in [7, 11) is -1.54. The van der Waals surface area contributed by atoms with Gasteiger partial charge in [0.05, 0.1) is 16.2 Å². The average molecular weight is 480 g/mol. The van der Waals surface area contributed by atoms with E-state index < -0.39 is 42.9 Å². The number of hydrogen-bond acceptors (Lipinski definition) is 7. The lowest BCUT2D eigenvalue weighted by Gasteiger charge is -2.23. The van der Waals surface area contributed by atoms with Crippen molar-refractivity contribution in [3.63, 3.8) is 0 Å². The molecule has 1 saturated carbocycles. The predicted molar refractivity (Wildman–Crippen MR) is 120 cm³/mol. The molecule has 1 fully saturated rings. The Morgan fingerprint density at radius 2 is 1.69 bits per heavy atom. The molecular formula is C21H19ClFN3O5S. The molecule has 0 saturated heterocycles. The Bertz CT molecular complexity index is 1410. The largest absolute Gasteiger partial charge is 0.504 e. The second-order valence-corrected chi connectivity index (χ2v) is 10.3. The van der Waals surface area contributed by atoms with Crippen LogP contribution >= 0.6 is 11.6 Å². The van der Waals surface area contributed by atoms with E-state index in [0.717, 1.165) is 4.31 Å². The summed E-state index contributed by atoms with van der Waals surface area (Å²) in [5, 5.41) is 16.0. The molecule has 0 aromatic heterocycles. The van der Waals surface area contributed by atoms with Gasteiger partial charge in [0.1, 0.15) is 22.1 Å². The summed E-state index contributed by atoms with van der Waals surface area (Å²) in [6, 6.07) is 8.70. The number of halogens is 2. The maximum Gasteiger partial charge on any atom is 0.253 e. The Balaban J connectivity index is 1.71. The molecule has 0 spiro atoms. The predicted octanol–water partition coefficient (Wildman–Crippen LogP) is 2.88. The average Bonchev–Trinajstić information content (AvgIpc) is 3.52. The van der Waals surface area contributed by atoms with Crippen molar-refractivity contribution >= 4 is 38.7 Å². The van der Waals surface area contributed by atoms with E-state index in [9.17, 15) is 27.5 Å². The summed E-state index contributed by atoms with van der Waals surface area (Å²) in [6.45, 7) is 0. The maximum atomic E-state index is 14.3. The number of aromatic hydroxyl groups is 1. The van der Waals surface area contributed by atoms with Crippen molar-refractivity contribution in [2.45, 2.75) is 23.3 Å². The van der Waals surface area contributed by atoms with Gasteiger partial charge in [0.25, 0.3) is 10.9 Å². The van der Waals surface area contributed by atoms with Gasteiger partial charge in [0.15, 0.2) is 5.75 Å². The van der Waals surface area contributed by atoms with Crippen LogP contribution in [0.15, 0.2) is 50.9 Å². The molecule has 11 heteroatoms. The second-order valence-electron chi connectivity index (χ2n) is 7.78. The molecule has 0 radical (unpaired) electrons. The molecule has 0 heterocycles. The summed E-state index contributed by atoms with van der Waals surface area (Å²) in [6.07, 6.45) is 1.12. The van der Waals surface area contributed by atoms with Gasteiger partial charge >= 0.3 is 0 Å². The van der Waals surface area contributed by atoms with Crippen LogP contribution in [0, 0.1) is 5.82 Å². The molecular weight excluding hydrogens is 461 g/mol. The van der Waals surface area contributed by atoms with Gasteiger partial charge in [-0.2, -0.15) is 0 Å². The minimum absolute atomic E-state index is 0.0536. The third kappa shape index (κ3) is 3.44. The molecule has 168 valence electrons. The van der Waals surface area contributed by atoms with Crippen molar-refractivity contribution in [1.82, 2.24) is 4.31 Å². The van der Waals surface area contributed by atoms with Crippen molar-refractivity contribution in [2.75, 3.05) is 24.7 Å². The van der Waals surface area contributed by atoms with Gasteiger partial charge in [-0.3, -0.25) is 9.59 Å². The minimum atomic E-state index is -4.10. The van der Waals surface area contributed by atoms with E-state index in [1.807, 2.05) is 0 Å². The molecule has 32 heavy (non-hydrogen) atoms. The van der Waals surface area contributed by atoms with Gasteiger partial charge in [0, 0.05) is 19.7 Å². The number of nitrogens with one attached hydrogen (secondary N) is 2. The van der Waals surface area contributed by atoms with Gasteiger partial charge in [-0.1, -0.05) is 29.8 Å². The van der Waals surface area contributed by atoms with Crippen molar-refractivity contribution in [3.8, 4) is 5.75 Å². The van der Waals surface area contributed by atoms with Crippen LogP contribution in [0.2, 0.25) is 5.02 Å². The van der Waals surface area contributed by atoms with Crippen LogP contribution < -0.4 is 21.5 Å². The quantitative estimate of drug-likeness (QED) is 0.352. The molecule has 0 bridgehead atoms. The van der Waals surface area contributed by atoms with Crippen molar-refractivity contribution in [2.24, 2.45) is 0 Å². The number of anilines is 3. The molecule has 3 aromatic rings. The van der Waals surface area contributed by atoms with Crippen LogP contribution in [0.1, 0.15) is 18.4 Å². The Morgan fingerprint density at radius 3 is 2.28 bits per heavy atom. The topological polar surface area (TPSA) is 116 Å². The third-order valence-corrected chi connectivity index (χ3v) is 7.81. The molecule has 1 aliphatic carbocycles. The van der Waals surface area contributed by atoms with Crippen LogP contribution in [0.5, 0.6) is 5.75 Å². The molecule has 4 rings (SSSR count).